The second kappa shape index (κ2) is 22.2. The van der Waals surface area contributed by atoms with Crippen molar-refractivity contribution >= 4 is 41.7 Å². The number of rotatable bonds is 21. The molecule has 4 atom stereocenters. The van der Waals surface area contributed by atoms with Crippen molar-refractivity contribution in [2.75, 3.05) is 13.2 Å². The van der Waals surface area contributed by atoms with Gasteiger partial charge in [-0.3, -0.25) is 24.2 Å². The molecule has 0 aromatic heterocycles. The van der Waals surface area contributed by atoms with Crippen LogP contribution in [0.15, 0.2) is 83.9 Å². The van der Waals surface area contributed by atoms with Gasteiger partial charge >= 0.3 is 18.0 Å². The topological polar surface area (TPSA) is 254 Å². The number of carboxylic acid groups (broad SMARTS) is 1. The maximum absolute atomic E-state index is 14.2. The summed E-state index contributed by atoms with van der Waals surface area (Å²) in [7, 11) is 0. The van der Waals surface area contributed by atoms with Gasteiger partial charge < -0.3 is 47.3 Å². The van der Waals surface area contributed by atoms with Crippen LogP contribution in [0.2, 0.25) is 0 Å². The van der Waals surface area contributed by atoms with Crippen LogP contribution in [-0.4, -0.2) is 89.7 Å². The average molecular weight is 842 g/mol. The van der Waals surface area contributed by atoms with Crippen molar-refractivity contribution in [3.05, 3.63) is 95.6 Å². The number of carbonyl (C=O) groups is 6. The van der Waals surface area contributed by atoms with E-state index in [4.69, 9.17) is 20.9 Å². The molecule has 0 heterocycles. The maximum atomic E-state index is 14.2. The van der Waals surface area contributed by atoms with Crippen molar-refractivity contribution < 1.29 is 43.3 Å². The summed E-state index contributed by atoms with van der Waals surface area (Å²) in [5.41, 5.74) is 15.0. The average Bonchev–Trinajstić information content (AvgIpc) is 3.51. The number of aliphatic carboxylic acids is 1. The first-order valence-electron chi connectivity index (χ1n) is 20.5. The third kappa shape index (κ3) is 15.0. The van der Waals surface area contributed by atoms with Crippen LogP contribution in [0.1, 0.15) is 89.3 Å². The molecule has 4 amide bonds. The summed E-state index contributed by atoms with van der Waals surface area (Å²) in [6.45, 7) is 8.88. The molecule has 3 aromatic rings. The van der Waals surface area contributed by atoms with E-state index < -0.39 is 71.9 Å². The number of nitrogens with one attached hydrogen (secondary N) is 4. The second-order valence-corrected chi connectivity index (χ2v) is 16.4. The van der Waals surface area contributed by atoms with Crippen molar-refractivity contribution in [1.82, 2.24) is 21.3 Å². The van der Waals surface area contributed by atoms with Gasteiger partial charge in [0.1, 0.15) is 36.4 Å². The van der Waals surface area contributed by atoms with Gasteiger partial charge in [-0.15, -0.1) is 0 Å². The zero-order valence-electron chi connectivity index (χ0n) is 35.4. The van der Waals surface area contributed by atoms with Crippen molar-refractivity contribution in [3.8, 4) is 11.1 Å². The maximum Gasteiger partial charge on any atom is 0.407 e. The number of hydrogen-bond donors (Lipinski definition) is 7. The molecule has 4 rings (SSSR count). The number of nitrogens with zero attached hydrogens (tertiary/aromatic N) is 1. The van der Waals surface area contributed by atoms with Gasteiger partial charge in [-0.1, -0.05) is 92.7 Å². The molecule has 328 valence electrons. The van der Waals surface area contributed by atoms with Crippen molar-refractivity contribution in [2.45, 2.75) is 109 Å². The van der Waals surface area contributed by atoms with Gasteiger partial charge in [0, 0.05) is 25.3 Å². The van der Waals surface area contributed by atoms with Crippen LogP contribution in [0.4, 0.5) is 4.79 Å². The Morgan fingerprint density at radius 2 is 1.25 bits per heavy atom. The molecule has 16 nitrogen and oxygen atoms in total. The third-order valence-corrected chi connectivity index (χ3v) is 9.81. The molecule has 0 saturated carbocycles. The molecule has 9 N–H and O–H groups in total. The zero-order chi connectivity index (χ0) is 44.7. The van der Waals surface area contributed by atoms with Crippen LogP contribution in [-0.2, 0) is 39.9 Å². The molecule has 0 unspecified atom stereocenters. The molecule has 0 aliphatic heterocycles. The summed E-state index contributed by atoms with van der Waals surface area (Å²) in [5.74, 6) is -4.70. The van der Waals surface area contributed by atoms with Gasteiger partial charge in [-0.25, -0.2) is 9.59 Å². The summed E-state index contributed by atoms with van der Waals surface area (Å²) in [4.78, 5) is 84.2. The molecule has 1 aliphatic carbocycles. The molecule has 0 fully saturated rings. The fraction of sp³-hybridized carbons (Fsp3) is 0.444. The van der Waals surface area contributed by atoms with Crippen molar-refractivity contribution in [1.29, 1.82) is 0 Å². The largest absolute Gasteiger partial charge is 0.481 e. The smallest absolute Gasteiger partial charge is 0.407 e. The van der Waals surface area contributed by atoms with Gasteiger partial charge in [0.2, 0.25) is 17.7 Å². The predicted octanol–water partition coefficient (Wildman–Crippen LogP) is 3.90. The van der Waals surface area contributed by atoms with Crippen LogP contribution in [0.25, 0.3) is 11.1 Å². The lowest BCUT2D eigenvalue weighted by Gasteiger charge is -2.28. The van der Waals surface area contributed by atoms with E-state index in [1.807, 2.05) is 68.4 Å². The van der Waals surface area contributed by atoms with Gasteiger partial charge in [-0.05, 0) is 80.2 Å². The lowest BCUT2D eigenvalue weighted by atomic mass is 9.98. The Morgan fingerprint density at radius 3 is 1.79 bits per heavy atom. The highest BCUT2D eigenvalue weighted by Crippen LogP contribution is 2.44. The van der Waals surface area contributed by atoms with Crippen LogP contribution in [0, 0.1) is 5.92 Å². The van der Waals surface area contributed by atoms with Gasteiger partial charge in [0.25, 0.3) is 0 Å². The first-order valence-corrected chi connectivity index (χ1v) is 20.5. The fourth-order valence-electron chi connectivity index (χ4n) is 7.03. The van der Waals surface area contributed by atoms with E-state index in [1.54, 1.807) is 45.0 Å². The number of fused-ring (bicyclic) bond motifs is 3. The highest BCUT2D eigenvalue weighted by molar-refractivity contribution is 5.95. The van der Waals surface area contributed by atoms with Crippen molar-refractivity contribution in [3.63, 3.8) is 0 Å². The molecule has 0 bridgehead atoms. The Labute approximate surface area is 356 Å². The third-order valence-electron chi connectivity index (χ3n) is 9.81. The molecule has 61 heavy (non-hydrogen) atoms. The second-order valence-electron chi connectivity index (χ2n) is 16.4. The fourth-order valence-corrected chi connectivity index (χ4v) is 7.03. The normalized spacial score (nSPS) is 13.9. The van der Waals surface area contributed by atoms with Crippen LogP contribution >= 0.6 is 0 Å². The molecule has 3 aromatic carbocycles. The number of carboxylic acids is 1. The van der Waals surface area contributed by atoms with Crippen molar-refractivity contribution in [2.24, 2.45) is 22.4 Å². The number of hydrogen-bond acceptors (Lipinski definition) is 9. The van der Waals surface area contributed by atoms with E-state index in [2.05, 4.69) is 26.3 Å². The number of guanidine groups is 1. The Kier molecular flexibility index (Phi) is 17.2. The number of alkyl carbamates (subject to hydrolysis) is 1. The Hall–Kier alpha value is -6.45. The first-order chi connectivity index (χ1) is 28.9. The number of esters is 1. The summed E-state index contributed by atoms with van der Waals surface area (Å²) in [5, 5.41) is 20.1. The molecule has 16 heteroatoms. The van der Waals surface area contributed by atoms with E-state index in [9.17, 15) is 33.9 Å². The van der Waals surface area contributed by atoms with E-state index in [0.717, 1.165) is 22.3 Å². The number of carbonyl (C=O) groups excluding carboxylic acids is 5. The van der Waals surface area contributed by atoms with Gasteiger partial charge in [0.05, 0.1) is 0 Å². The number of nitrogens with two attached hydrogens (primary N) is 2. The standard InChI is InChI=1S/C45H59N7O9/c1-27(2)24-37(42(58)61-45(3,4)5)51-40(56)35(21-22-38(53)54)50-39(55)34(20-13-23-48-43(46)47)49-41(57)36(25-28-14-7-6-8-15-28)52-44(59)60-26-33-31-18-11-9-16-29(31)30-17-10-12-19-32(30)33/h6-12,14-19,27,33-37H,13,20-26H2,1-5H3,(H,49,57)(H,50,55)(H,51,56)(H,52,59)(H,53,54)(H4,46,47,48)/t34-,35-,36-,37-/m0/s1. The Morgan fingerprint density at radius 1 is 0.721 bits per heavy atom. The first kappa shape index (κ1) is 47.2. The molecular formula is C45H59N7O9. The van der Waals surface area contributed by atoms with Gasteiger partial charge in [-0.2, -0.15) is 0 Å². The summed E-state index contributed by atoms with van der Waals surface area (Å²) in [6, 6.07) is 19.7. The molecule has 1 aliphatic rings. The predicted molar refractivity (Wildman–Crippen MR) is 230 cm³/mol. The summed E-state index contributed by atoms with van der Waals surface area (Å²) >= 11 is 0. The minimum absolute atomic E-state index is 0.00110. The minimum atomic E-state index is -1.42. The monoisotopic (exact) mass is 841 g/mol. The number of aliphatic imine (C=N–C) groups is 1. The Balaban J connectivity index is 1.55. The lowest BCUT2D eigenvalue weighted by molar-refractivity contribution is -0.159. The van der Waals surface area contributed by atoms with E-state index in [1.165, 1.54) is 0 Å². The van der Waals surface area contributed by atoms with E-state index in [-0.39, 0.29) is 63.1 Å². The van der Waals surface area contributed by atoms with Crippen LogP contribution in [0.5, 0.6) is 0 Å². The SMILES string of the molecule is CC(C)C[C@H](NC(=O)[C@H](CCC(=O)O)NC(=O)[C@H](CCCN=C(N)N)NC(=O)[C@H](Cc1ccccc1)NC(=O)OCC1c2ccccc2-c2ccccc21)C(=O)OC(C)(C)C. The molecule has 0 saturated heterocycles. The van der Waals surface area contributed by atoms with Crippen LogP contribution in [0.3, 0.4) is 0 Å². The molecule has 0 radical (unpaired) electrons. The minimum Gasteiger partial charge on any atom is -0.481 e. The molecule has 0 spiro atoms. The molecular weight excluding hydrogens is 783 g/mol. The Bertz CT molecular complexity index is 1980. The highest BCUT2D eigenvalue weighted by Gasteiger charge is 2.34. The van der Waals surface area contributed by atoms with Gasteiger partial charge in [0.15, 0.2) is 5.96 Å². The quantitative estimate of drug-likeness (QED) is 0.0351. The van der Waals surface area contributed by atoms with Crippen LogP contribution < -0.4 is 32.7 Å². The number of amides is 4. The number of benzene rings is 3. The van der Waals surface area contributed by atoms with E-state index in [0.29, 0.717) is 5.56 Å². The lowest BCUT2D eigenvalue weighted by Crippen LogP contribution is -2.58. The summed E-state index contributed by atoms with van der Waals surface area (Å²) < 4.78 is 11.3. The summed E-state index contributed by atoms with van der Waals surface area (Å²) in [6.07, 6.45) is -1.24. The van der Waals surface area contributed by atoms with E-state index >= 15 is 0 Å². The zero-order valence-corrected chi connectivity index (χ0v) is 35.4. The number of ether oxygens (including phenoxy) is 2. The highest BCUT2D eigenvalue weighted by atomic mass is 16.6.